The summed E-state index contributed by atoms with van der Waals surface area (Å²) < 4.78 is 30.9. The highest BCUT2D eigenvalue weighted by Gasteiger charge is 2.23. The number of anilines is 2. The molecular weight excluding hydrogens is 491 g/mol. The first-order valence-corrected chi connectivity index (χ1v) is 12.9. The van der Waals surface area contributed by atoms with E-state index in [1.807, 2.05) is 6.92 Å². The highest BCUT2D eigenvalue weighted by molar-refractivity contribution is 7.91. The van der Waals surface area contributed by atoms with E-state index in [2.05, 4.69) is 10.6 Å². The molecule has 0 saturated carbocycles. The molecule has 6 nitrogen and oxygen atoms in total. The van der Waals surface area contributed by atoms with Crippen LogP contribution >= 0.6 is 34.5 Å². The van der Waals surface area contributed by atoms with Crippen molar-refractivity contribution < 1.29 is 17.9 Å². The van der Waals surface area contributed by atoms with Gasteiger partial charge in [0.05, 0.1) is 27.1 Å². The molecule has 0 aliphatic carbocycles. The molecule has 0 aliphatic heterocycles. The quantitative estimate of drug-likeness (QED) is 0.347. The molecule has 1 amide bonds. The van der Waals surface area contributed by atoms with Crippen LogP contribution in [0.4, 0.5) is 16.2 Å². The van der Waals surface area contributed by atoms with Crippen molar-refractivity contribution in [3.8, 4) is 0 Å². The molecule has 0 spiro atoms. The number of rotatable bonds is 8. The topological polar surface area (TPSA) is 84.5 Å². The second kappa shape index (κ2) is 10.6. The number of benzene rings is 2. The van der Waals surface area contributed by atoms with Crippen molar-refractivity contribution in [2.24, 2.45) is 0 Å². The summed E-state index contributed by atoms with van der Waals surface area (Å²) in [7, 11) is -3.63. The van der Waals surface area contributed by atoms with Crippen LogP contribution in [0.15, 0.2) is 57.6 Å². The Hall–Kier alpha value is -2.26. The number of nitrogens with one attached hydrogen (secondary N) is 2. The average molecular weight is 513 g/mol. The zero-order valence-electron chi connectivity index (χ0n) is 17.4. The first kappa shape index (κ1) is 24.4. The number of halogens is 2. The van der Waals surface area contributed by atoms with Crippen LogP contribution in [-0.2, 0) is 21.1 Å². The molecule has 0 fully saturated rings. The van der Waals surface area contributed by atoms with Gasteiger partial charge in [0, 0.05) is 27.5 Å². The van der Waals surface area contributed by atoms with E-state index in [0.29, 0.717) is 34.4 Å². The maximum atomic E-state index is 13.0. The predicted molar refractivity (Wildman–Crippen MR) is 130 cm³/mol. The molecule has 170 valence electrons. The lowest BCUT2D eigenvalue weighted by Gasteiger charge is -2.11. The fourth-order valence-electron chi connectivity index (χ4n) is 2.87. The molecule has 3 aromatic rings. The normalized spacial score (nSPS) is 11.2. The molecule has 1 heterocycles. The largest absolute Gasteiger partial charge is 0.449 e. The summed E-state index contributed by atoms with van der Waals surface area (Å²) in [5.74, 6) is 0. The predicted octanol–water partition coefficient (Wildman–Crippen LogP) is 6.77. The third-order valence-corrected chi connectivity index (χ3v) is 8.30. The van der Waals surface area contributed by atoms with Gasteiger partial charge in [-0.3, -0.25) is 5.32 Å². The van der Waals surface area contributed by atoms with E-state index < -0.39 is 15.9 Å². The molecule has 0 radical (unpaired) electrons. The van der Waals surface area contributed by atoms with Crippen LogP contribution in [-0.4, -0.2) is 21.1 Å². The molecule has 0 atom stereocenters. The van der Waals surface area contributed by atoms with Crippen molar-refractivity contribution in [3.63, 3.8) is 0 Å². The average Bonchev–Trinajstić information content (AvgIpc) is 3.14. The second-order valence-electron chi connectivity index (χ2n) is 6.91. The van der Waals surface area contributed by atoms with E-state index in [-0.39, 0.29) is 9.79 Å². The number of thiophene rings is 1. The van der Waals surface area contributed by atoms with Crippen molar-refractivity contribution in [2.75, 3.05) is 17.2 Å². The minimum absolute atomic E-state index is 0.203. The van der Waals surface area contributed by atoms with Gasteiger partial charge < -0.3 is 10.1 Å². The van der Waals surface area contributed by atoms with Crippen LogP contribution < -0.4 is 10.6 Å². The number of ether oxygens (including phenoxy) is 1. The first-order chi connectivity index (χ1) is 15.2. The Balaban J connectivity index is 1.69. The highest BCUT2D eigenvalue weighted by atomic mass is 35.5. The molecule has 0 unspecified atom stereocenters. The van der Waals surface area contributed by atoms with Gasteiger partial charge in [-0.05, 0) is 61.4 Å². The van der Waals surface area contributed by atoms with Crippen molar-refractivity contribution in [1.82, 2.24) is 0 Å². The lowest BCUT2D eigenvalue weighted by Crippen LogP contribution is -2.14. The Morgan fingerprint density at radius 3 is 2.50 bits per heavy atom. The maximum absolute atomic E-state index is 13.0. The van der Waals surface area contributed by atoms with Crippen LogP contribution in [0.2, 0.25) is 10.0 Å². The Bertz CT molecular complexity index is 1210. The SMILES string of the molecule is CCCOC(=O)Nc1ccc(NCc2scc(S(=O)(=O)c3ccc(Cl)cc3)c2C)cc1Cl. The fraction of sp³-hybridized carbons (Fsp3) is 0.227. The summed E-state index contributed by atoms with van der Waals surface area (Å²) in [6.07, 6.45) is 0.174. The van der Waals surface area contributed by atoms with Gasteiger partial charge in [0.1, 0.15) is 0 Å². The first-order valence-electron chi connectivity index (χ1n) is 9.77. The minimum Gasteiger partial charge on any atom is -0.449 e. The van der Waals surface area contributed by atoms with Gasteiger partial charge in [-0.15, -0.1) is 11.3 Å². The molecular formula is C22H22Cl2N2O4S2. The minimum atomic E-state index is -3.63. The summed E-state index contributed by atoms with van der Waals surface area (Å²) >= 11 is 13.5. The fourth-order valence-corrected chi connectivity index (χ4v) is 6.08. The van der Waals surface area contributed by atoms with Crippen LogP contribution in [0, 0.1) is 6.92 Å². The Labute approximate surface area is 201 Å². The molecule has 1 aromatic heterocycles. The van der Waals surface area contributed by atoms with Gasteiger partial charge >= 0.3 is 6.09 Å². The van der Waals surface area contributed by atoms with Crippen LogP contribution in [0.1, 0.15) is 23.8 Å². The van der Waals surface area contributed by atoms with Crippen LogP contribution in [0.25, 0.3) is 0 Å². The van der Waals surface area contributed by atoms with E-state index in [0.717, 1.165) is 17.0 Å². The van der Waals surface area contributed by atoms with E-state index in [1.54, 1.807) is 42.6 Å². The standard InChI is InChI=1S/C22H22Cl2N2O4S2/c1-3-10-30-22(27)26-19-9-6-16(11-18(19)24)25-12-20-14(2)21(13-31-20)32(28,29)17-7-4-15(23)5-8-17/h4-9,11,13,25H,3,10,12H2,1-2H3,(H,26,27). The van der Waals surface area contributed by atoms with Gasteiger partial charge in [0.2, 0.25) is 9.84 Å². The third-order valence-electron chi connectivity index (χ3n) is 4.61. The Kier molecular flexibility index (Phi) is 8.05. The smallest absolute Gasteiger partial charge is 0.411 e. The summed E-state index contributed by atoms with van der Waals surface area (Å²) in [4.78, 5) is 13.1. The zero-order chi connectivity index (χ0) is 23.3. The van der Waals surface area contributed by atoms with Crippen molar-refractivity contribution >= 4 is 61.8 Å². The molecule has 2 N–H and O–H groups in total. The number of sulfone groups is 1. The van der Waals surface area contributed by atoms with E-state index >= 15 is 0 Å². The number of carbonyl (C=O) groups is 1. The van der Waals surface area contributed by atoms with Crippen LogP contribution in [0.3, 0.4) is 0 Å². The van der Waals surface area contributed by atoms with Gasteiger partial charge in [-0.1, -0.05) is 30.1 Å². The van der Waals surface area contributed by atoms with Gasteiger partial charge in [0.25, 0.3) is 0 Å². The number of carbonyl (C=O) groups excluding carboxylic acids is 1. The molecule has 2 aromatic carbocycles. The molecule has 0 saturated heterocycles. The second-order valence-corrected chi connectivity index (χ2v) is 10.6. The summed E-state index contributed by atoms with van der Waals surface area (Å²) in [5.41, 5.74) is 1.87. The number of amides is 1. The molecule has 32 heavy (non-hydrogen) atoms. The third kappa shape index (κ3) is 5.75. The van der Waals surface area contributed by atoms with Crippen LogP contribution in [0.5, 0.6) is 0 Å². The summed E-state index contributed by atoms with van der Waals surface area (Å²) in [5, 5.41) is 8.33. The van der Waals surface area contributed by atoms with E-state index in [1.165, 1.54) is 23.5 Å². The van der Waals surface area contributed by atoms with Crippen molar-refractivity contribution in [3.05, 3.63) is 68.3 Å². The Morgan fingerprint density at radius 2 is 1.84 bits per heavy atom. The van der Waals surface area contributed by atoms with E-state index in [9.17, 15) is 13.2 Å². The molecule has 10 heteroatoms. The highest BCUT2D eigenvalue weighted by Crippen LogP contribution is 2.32. The van der Waals surface area contributed by atoms with Crippen molar-refractivity contribution in [2.45, 2.75) is 36.6 Å². The van der Waals surface area contributed by atoms with Gasteiger partial charge in [-0.2, -0.15) is 0 Å². The maximum Gasteiger partial charge on any atom is 0.411 e. The molecule has 0 aliphatic rings. The zero-order valence-corrected chi connectivity index (χ0v) is 20.6. The van der Waals surface area contributed by atoms with E-state index in [4.69, 9.17) is 27.9 Å². The molecule has 3 rings (SSSR count). The number of hydrogen-bond acceptors (Lipinski definition) is 6. The van der Waals surface area contributed by atoms with Crippen molar-refractivity contribution in [1.29, 1.82) is 0 Å². The molecule has 0 bridgehead atoms. The lowest BCUT2D eigenvalue weighted by molar-refractivity contribution is 0.161. The summed E-state index contributed by atoms with van der Waals surface area (Å²) in [6.45, 7) is 4.46. The Morgan fingerprint density at radius 1 is 1.12 bits per heavy atom. The van der Waals surface area contributed by atoms with Gasteiger partial charge in [0.15, 0.2) is 0 Å². The lowest BCUT2D eigenvalue weighted by atomic mass is 10.2. The van der Waals surface area contributed by atoms with Gasteiger partial charge in [-0.25, -0.2) is 13.2 Å². The summed E-state index contributed by atoms with van der Waals surface area (Å²) in [6, 6.07) is 11.3. The number of hydrogen-bond donors (Lipinski definition) is 2. The monoisotopic (exact) mass is 512 g/mol.